The van der Waals surface area contributed by atoms with Crippen LogP contribution in [0.4, 0.5) is 0 Å². The number of carbonyl (C=O) groups is 2. The molecule has 0 aliphatic rings. The van der Waals surface area contributed by atoms with Crippen LogP contribution in [0.2, 0.25) is 5.02 Å². The number of aryl methyl sites for hydroxylation is 1. The van der Waals surface area contributed by atoms with E-state index < -0.39 is 6.04 Å². The zero-order valence-corrected chi connectivity index (χ0v) is 16.9. The molecule has 4 nitrogen and oxygen atoms in total. The Morgan fingerprint density at radius 2 is 1.59 bits per heavy atom. The molecule has 1 unspecified atom stereocenters. The maximum atomic E-state index is 12.7. The Labute approximate surface area is 175 Å². The number of esters is 1. The molecule has 0 saturated heterocycles. The largest absolute Gasteiger partial charge is 0.461 e. The highest BCUT2D eigenvalue weighted by atomic mass is 35.5. The van der Waals surface area contributed by atoms with Crippen molar-refractivity contribution in [2.75, 3.05) is 0 Å². The number of benzene rings is 3. The van der Waals surface area contributed by atoms with Crippen molar-refractivity contribution in [3.05, 3.63) is 106 Å². The number of halogens is 1. The van der Waals surface area contributed by atoms with Gasteiger partial charge in [0.1, 0.15) is 6.61 Å². The SMILES string of the molecule is Cc1ccc(COC(=O)CC(NC(=O)c2ccccc2Cl)c2ccccc2)cc1. The summed E-state index contributed by atoms with van der Waals surface area (Å²) in [5.74, 6) is -0.727. The lowest BCUT2D eigenvalue weighted by molar-refractivity contribution is -0.145. The lowest BCUT2D eigenvalue weighted by Crippen LogP contribution is -2.30. The number of hydrogen-bond donors (Lipinski definition) is 1. The van der Waals surface area contributed by atoms with E-state index in [1.165, 1.54) is 0 Å². The van der Waals surface area contributed by atoms with Gasteiger partial charge in [-0.05, 0) is 30.2 Å². The van der Waals surface area contributed by atoms with Gasteiger partial charge in [-0.1, -0.05) is 83.9 Å². The van der Waals surface area contributed by atoms with Gasteiger partial charge < -0.3 is 10.1 Å². The van der Waals surface area contributed by atoms with E-state index >= 15 is 0 Å². The first-order valence-corrected chi connectivity index (χ1v) is 9.72. The minimum Gasteiger partial charge on any atom is -0.461 e. The predicted octanol–water partition coefficient (Wildman–Crippen LogP) is 5.25. The first-order chi connectivity index (χ1) is 14.0. The predicted molar refractivity (Wildman–Crippen MR) is 114 cm³/mol. The summed E-state index contributed by atoms with van der Waals surface area (Å²) < 4.78 is 5.41. The van der Waals surface area contributed by atoms with Crippen molar-refractivity contribution < 1.29 is 14.3 Å². The Kier molecular flexibility index (Phi) is 7.04. The van der Waals surface area contributed by atoms with Crippen molar-refractivity contribution in [1.29, 1.82) is 0 Å². The smallest absolute Gasteiger partial charge is 0.308 e. The van der Waals surface area contributed by atoms with Crippen LogP contribution >= 0.6 is 11.6 Å². The van der Waals surface area contributed by atoms with Crippen LogP contribution in [0.5, 0.6) is 0 Å². The number of hydrogen-bond acceptors (Lipinski definition) is 3. The molecule has 0 saturated carbocycles. The van der Waals surface area contributed by atoms with E-state index in [2.05, 4.69) is 5.32 Å². The third-order valence-electron chi connectivity index (χ3n) is 4.52. The molecule has 0 aromatic heterocycles. The van der Waals surface area contributed by atoms with Crippen molar-refractivity contribution >= 4 is 23.5 Å². The molecule has 3 aromatic carbocycles. The highest BCUT2D eigenvalue weighted by Crippen LogP contribution is 2.21. The number of ether oxygens (including phenoxy) is 1. The molecule has 0 fully saturated rings. The minimum absolute atomic E-state index is 0.0199. The van der Waals surface area contributed by atoms with Gasteiger partial charge >= 0.3 is 5.97 Å². The maximum absolute atomic E-state index is 12.7. The Hall–Kier alpha value is -3.11. The van der Waals surface area contributed by atoms with Gasteiger partial charge in [-0.3, -0.25) is 9.59 Å². The molecule has 0 aliphatic heterocycles. The Morgan fingerprint density at radius 1 is 0.931 bits per heavy atom. The van der Waals surface area contributed by atoms with Crippen LogP contribution in [-0.2, 0) is 16.1 Å². The van der Waals surface area contributed by atoms with Crippen LogP contribution in [-0.4, -0.2) is 11.9 Å². The summed E-state index contributed by atoms with van der Waals surface area (Å²) in [7, 11) is 0. The van der Waals surface area contributed by atoms with Crippen LogP contribution < -0.4 is 5.32 Å². The van der Waals surface area contributed by atoms with Gasteiger partial charge in [-0.25, -0.2) is 0 Å². The van der Waals surface area contributed by atoms with E-state index in [0.29, 0.717) is 10.6 Å². The third-order valence-corrected chi connectivity index (χ3v) is 4.85. The molecule has 148 valence electrons. The number of amides is 1. The molecule has 29 heavy (non-hydrogen) atoms. The normalized spacial score (nSPS) is 11.5. The maximum Gasteiger partial charge on any atom is 0.308 e. The molecule has 0 spiro atoms. The summed E-state index contributed by atoms with van der Waals surface area (Å²) in [4.78, 5) is 25.1. The zero-order valence-electron chi connectivity index (χ0n) is 16.1. The lowest BCUT2D eigenvalue weighted by Gasteiger charge is -2.19. The van der Waals surface area contributed by atoms with E-state index in [1.54, 1.807) is 24.3 Å². The Bertz CT molecular complexity index is 971. The Morgan fingerprint density at radius 3 is 2.28 bits per heavy atom. The van der Waals surface area contributed by atoms with Crippen molar-refractivity contribution in [3.63, 3.8) is 0 Å². The topological polar surface area (TPSA) is 55.4 Å². The molecule has 0 heterocycles. The third kappa shape index (κ3) is 5.93. The monoisotopic (exact) mass is 407 g/mol. The van der Waals surface area contributed by atoms with Crippen LogP contribution in [0.15, 0.2) is 78.9 Å². The summed E-state index contributed by atoms with van der Waals surface area (Å²) in [6.07, 6.45) is 0.0199. The quantitative estimate of drug-likeness (QED) is 0.544. The zero-order chi connectivity index (χ0) is 20.6. The minimum atomic E-state index is -0.523. The van der Waals surface area contributed by atoms with Gasteiger partial charge in [0, 0.05) is 0 Å². The average Bonchev–Trinajstić information content (AvgIpc) is 2.74. The van der Waals surface area contributed by atoms with E-state index in [4.69, 9.17) is 16.3 Å². The van der Waals surface area contributed by atoms with Crippen molar-refractivity contribution in [2.45, 2.75) is 26.0 Å². The summed E-state index contributed by atoms with van der Waals surface area (Å²) >= 11 is 6.13. The van der Waals surface area contributed by atoms with Crippen LogP contribution in [0, 0.1) is 6.92 Å². The van der Waals surface area contributed by atoms with E-state index in [0.717, 1.165) is 16.7 Å². The van der Waals surface area contributed by atoms with Crippen LogP contribution in [0.3, 0.4) is 0 Å². The Balaban J connectivity index is 1.69. The molecule has 3 aromatic rings. The standard InChI is InChI=1S/C24H22ClNO3/c1-17-11-13-18(14-12-17)16-29-23(27)15-22(19-7-3-2-4-8-19)26-24(28)20-9-5-6-10-21(20)25/h2-14,22H,15-16H2,1H3,(H,26,28). The van der Waals surface area contributed by atoms with Crippen molar-refractivity contribution in [1.82, 2.24) is 5.32 Å². The van der Waals surface area contributed by atoms with Gasteiger partial charge in [0.15, 0.2) is 0 Å². The number of carbonyl (C=O) groups excluding carboxylic acids is 2. The molecule has 5 heteroatoms. The average molecular weight is 408 g/mol. The molecule has 1 amide bonds. The highest BCUT2D eigenvalue weighted by molar-refractivity contribution is 6.33. The molecule has 3 rings (SSSR count). The fourth-order valence-electron chi connectivity index (χ4n) is 2.89. The number of rotatable bonds is 7. The molecule has 0 bridgehead atoms. The molecule has 0 aliphatic carbocycles. The number of nitrogens with one attached hydrogen (secondary N) is 1. The molecule has 1 atom stereocenters. The van der Waals surface area contributed by atoms with E-state index in [1.807, 2.05) is 61.5 Å². The van der Waals surface area contributed by atoms with E-state index in [9.17, 15) is 9.59 Å². The molecular weight excluding hydrogens is 386 g/mol. The van der Waals surface area contributed by atoms with Gasteiger partial charge in [-0.15, -0.1) is 0 Å². The van der Waals surface area contributed by atoms with Crippen molar-refractivity contribution in [2.24, 2.45) is 0 Å². The fraction of sp³-hybridized carbons (Fsp3) is 0.167. The van der Waals surface area contributed by atoms with Crippen LogP contribution in [0.1, 0.15) is 39.5 Å². The molecule has 0 radical (unpaired) electrons. The highest BCUT2D eigenvalue weighted by Gasteiger charge is 2.21. The molecule has 1 N–H and O–H groups in total. The summed E-state index contributed by atoms with van der Waals surface area (Å²) in [5.41, 5.74) is 3.25. The summed E-state index contributed by atoms with van der Waals surface area (Å²) in [6, 6.07) is 23.4. The van der Waals surface area contributed by atoms with Crippen LogP contribution in [0.25, 0.3) is 0 Å². The second-order valence-corrected chi connectivity index (χ2v) is 7.17. The summed E-state index contributed by atoms with van der Waals surface area (Å²) in [5, 5.41) is 3.26. The first-order valence-electron chi connectivity index (χ1n) is 9.34. The second-order valence-electron chi connectivity index (χ2n) is 6.77. The second kappa shape index (κ2) is 9.89. The fourth-order valence-corrected chi connectivity index (χ4v) is 3.11. The van der Waals surface area contributed by atoms with Gasteiger partial charge in [0.25, 0.3) is 5.91 Å². The van der Waals surface area contributed by atoms with Crippen molar-refractivity contribution in [3.8, 4) is 0 Å². The first kappa shape index (κ1) is 20.6. The van der Waals surface area contributed by atoms with Gasteiger partial charge in [0.2, 0.25) is 0 Å². The molecular formula is C24H22ClNO3. The lowest BCUT2D eigenvalue weighted by atomic mass is 10.0. The van der Waals surface area contributed by atoms with Gasteiger partial charge in [-0.2, -0.15) is 0 Å². The summed E-state index contributed by atoms with van der Waals surface area (Å²) in [6.45, 7) is 2.20. The van der Waals surface area contributed by atoms with E-state index in [-0.39, 0.29) is 24.9 Å². The van der Waals surface area contributed by atoms with Gasteiger partial charge in [0.05, 0.1) is 23.0 Å².